The smallest absolute Gasteiger partial charge is 0.263 e. The zero-order valence-electron chi connectivity index (χ0n) is 16.4. The third-order valence-corrected chi connectivity index (χ3v) is 5.71. The number of para-hydroxylation sites is 1. The number of carbonyl (C=O) groups excluding carboxylic acids is 2. The van der Waals surface area contributed by atoms with Crippen molar-refractivity contribution in [3.05, 3.63) is 29.8 Å². The molecule has 1 aliphatic carbocycles. The predicted molar refractivity (Wildman–Crippen MR) is 104 cm³/mol. The molecule has 2 N–H and O–H groups in total. The van der Waals surface area contributed by atoms with Crippen LogP contribution in [0, 0.1) is 12.8 Å². The SMILES string of the molecule is Cc1ccccc1OC(C)C(=O)N1CCN(C(=O)C2CCCC(N)C2)CC1. The summed E-state index contributed by atoms with van der Waals surface area (Å²) in [7, 11) is 0. The first-order valence-corrected chi connectivity index (χ1v) is 10.0. The zero-order chi connectivity index (χ0) is 19.4. The minimum Gasteiger partial charge on any atom is -0.481 e. The van der Waals surface area contributed by atoms with Crippen LogP contribution in [0.15, 0.2) is 24.3 Å². The lowest BCUT2D eigenvalue weighted by atomic mass is 9.85. The Labute approximate surface area is 161 Å². The molecule has 6 nitrogen and oxygen atoms in total. The second-order valence-electron chi connectivity index (χ2n) is 7.80. The average Bonchev–Trinajstić information content (AvgIpc) is 2.68. The monoisotopic (exact) mass is 373 g/mol. The minimum atomic E-state index is -0.537. The molecule has 1 aromatic rings. The molecule has 1 saturated carbocycles. The molecule has 1 saturated heterocycles. The van der Waals surface area contributed by atoms with E-state index in [2.05, 4.69) is 0 Å². The van der Waals surface area contributed by atoms with E-state index in [1.165, 1.54) is 0 Å². The molecule has 2 amide bonds. The molecular weight excluding hydrogens is 342 g/mol. The summed E-state index contributed by atoms with van der Waals surface area (Å²) >= 11 is 0. The van der Waals surface area contributed by atoms with Gasteiger partial charge in [-0.1, -0.05) is 24.6 Å². The summed E-state index contributed by atoms with van der Waals surface area (Å²) in [6.07, 6.45) is 3.24. The van der Waals surface area contributed by atoms with E-state index in [-0.39, 0.29) is 23.8 Å². The topological polar surface area (TPSA) is 75.9 Å². The summed E-state index contributed by atoms with van der Waals surface area (Å²) < 4.78 is 5.86. The van der Waals surface area contributed by atoms with Gasteiger partial charge in [0.1, 0.15) is 5.75 Å². The van der Waals surface area contributed by atoms with Gasteiger partial charge < -0.3 is 20.3 Å². The molecule has 27 heavy (non-hydrogen) atoms. The van der Waals surface area contributed by atoms with Crippen molar-refractivity contribution in [2.24, 2.45) is 11.7 Å². The minimum absolute atomic E-state index is 0.0231. The molecule has 2 fully saturated rings. The number of carbonyl (C=O) groups is 2. The lowest BCUT2D eigenvalue weighted by Crippen LogP contribution is -2.54. The number of piperazine rings is 1. The normalized spacial score (nSPS) is 24.4. The van der Waals surface area contributed by atoms with Gasteiger partial charge in [-0.25, -0.2) is 0 Å². The highest BCUT2D eigenvalue weighted by Crippen LogP contribution is 2.25. The maximum Gasteiger partial charge on any atom is 0.263 e. The van der Waals surface area contributed by atoms with E-state index in [1.54, 1.807) is 11.8 Å². The first kappa shape index (κ1) is 19.7. The van der Waals surface area contributed by atoms with E-state index in [9.17, 15) is 9.59 Å². The number of hydrogen-bond donors (Lipinski definition) is 1. The summed E-state index contributed by atoms with van der Waals surface area (Å²) in [5, 5.41) is 0. The van der Waals surface area contributed by atoms with Crippen LogP contribution in [0.1, 0.15) is 38.2 Å². The molecule has 3 rings (SSSR count). The Bertz CT molecular complexity index is 670. The van der Waals surface area contributed by atoms with E-state index in [0.717, 1.165) is 37.0 Å². The Kier molecular flexibility index (Phi) is 6.37. The van der Waals surface area contributed by atoms with E-state index < -0.39 is 6.10 Å². The van der Waals surface area contributed by atoms with Gasteiger partial charge >= 0.3 is 0 Å². The molecule has 0 aromatic heterocycles. The van der Waals surface area contributed by atoms with Gasteiger partial charge in [-0.05, 0) is 44.7 Å². The molecule has 1 aromatic carbocycles. The van der Waals surface area contributed by atoms with E-state index in [1.807, 2.05) is 36.1 Å². The Morgan fingerprint density at radius 1 is 1.11 bits per heavy atom. The summed E-state index contributed by atoms with van der Waals surface area (Å²) in [5.41, 5.74) is 7.04. The van der Waals surface area contributed by atoms with Crippen molar-refractivity contribution >= 4 is 11.8 Å². The van der Waals surface area contributed by atoms with Crippen LogP contribution in [-0.2, 0) is 9.59 Å². The van der Waals surface area contributed by atoms with Gasteiger partial charge in [0, 0.05) is 38.1 Å². The molecule has 1 heterocycles. The number of nitrogens with two attached hydrogens (primary N) is 1. The van der Waals surface area contributed by atoms with E-state index in [0.29, 0.717) is 26.2 Å². The van der Waals surface area contributed by atoms with Crippen LogP contribution in [0.3, 0.4) is 0 Å². The summed E-state index contributed by atoms with van der Waals surface area (Å²) in [4.78, 5) is 29.2. The van der Waals surface area contributed by atoms with Crippen LogP contribution in [-0.4, -0.2) is 59.9 Å². The fraction of sp³-hybridized carbons (Fsp3) is 0.619. The molecule has 6 heteroatoms. The van der Waals surface area contributed by atoms with Crippen molar-refractivity contribution in [3.63, 3.8) is 0 Å². The number of aryl methyl sites for hydroxylation is 1. The van der Waals surface area contributed by atoms with Crippen molar-refractivity contribution in [1.82, 2.24) is 9.80 Å². The third-order valence-electron chi connectivity index (χ3n) is 5.71. The van der Waals surface area contributed by atoms with E-state index >= 15 is 0 Å². The Morgan fingerprint density at radius 2 is 1.78 bits per heavy atom. The zero-order valence-corrected chi connectivity index (χ0v) is 16.4. The fourth-order valence-corrected chi connectivity index (χ4v) is 4.04. The van der Waals surface area contributed by atoms with Crippen LogP contribution < -0.4 is 10.5 Å². The van der Waals surface area contributed by atoms with E-state index in [4.69, 9.17) is 10.5 Å². The molecule has 3 atom stereocenters. The van der Waals surface area contributed by atoms with Gasteiger partial charge in [-0.3, -0.25) is 9.59 Å². The summed E-state index contributed by atoms with van der Waals surface area (Å²) in [6.45, 7) is 6.06. The fourth-order valence-electron chi connectivity index (χ4n) is 4.04. The molecule has 0 bridgehead atoms. The van der Waals surface area contributed by atoms with Gasteiger partial charge in [0.2, 0.25) is 5.91 Å². The van der Waals surface area contributed by atoms with Gasteiger partial charge in [0.15, 0.2) is 6.10 Å². The van der Waals surface area contributed by atoms with Crippen LogP contribution in [0.4, 0.5) is 0 Å². The Morgan fingerprint density at radius 3 is 2.44 bits per heavy atom. The predicted octanol–water partition coefficient (Wildman–Crippen LogP) is 1.95. The highest BCUT2D eigenvalue weighted by atomic mass is 16.5. The Balaban J connectivity index is 1.50. The first-order valence-electron chi connectivity index (χ1n) is 10.0. The number of nitrogens with zero attached hydrogens (tertiary/aromatic N) is 2. The van der Waals surface area contributed by atoms with Crippen LogP contribution in [0.2, 0.25) is 0 Å². The largest absolute Gasteiger partial charge is 0.481 e. The van der Waals surface area contributed by atoms with Gasteiger partial charge in [-0.15, -0.1) is 0 Å². The molecule has 148 valence electrons. The molecule has 1 aliphatic heterocycles. The van der Waals surface area contributed by atoms with Gasteiger partial charge in [0.25, 0.3) is 5.91 Å². The molecule has 2 aliphatic rings. The van der Waals surface area contributed by atoms with Crippen molar-refractivity contribution in [2.45, 2.75) is 51.7 Å². The number of ether oxygens (including phenoxy) is 1. The number of amides is 2. The van der Waals surface area contributed by atoms with Crippen molar-refractivity contribution < 1.29 is 14.3 Å². The molecule has 0 spiro atoms. The maximum atomic E-state index is 12.7. The maximum absolute atomic E-state index is 12.7. The molecular formula is C21H31N3O3. The number of benzene rings is 1. The highest BCUT2D eigenvalue weighted by molar-refractivity contribution is 5.82. The molecule has 3 unspecified atom stereocenters. The van der Waals surface area contributed by atoms with Gasteiger partial charge in [0.05, 0.1) is 0 Å². The summed E-state index contributed by atoms with van der Waals surface area (Å²) in [5.74, 6) is 0.978. The van der Waals surface area contributed by atoms with Crippen LogP contribution >= 0.6 is 0 Å². The third kappa shape index (κ3) is 4.80. The highest BCUT2D eigenvalue weighted by Gasteiger charge is 2.32. The van der Waals surface area contributed by atoms with Crippen molar-refractivity contribution in [2.75, 3.05) is 26.2 Å². The second-order valence-corrected chi connectivity index (χ2v) is 7.80. The lowest BCUT2D eigenvalue weighted by Gasteiger charge is -2.38. The van der Waals surface area contributed by atoms with Crippen molar-refractivity contribution in [1.29, 1.82) is 0 Å². The summed E-state index contributed by atoms with van der Waals surface area (Å²) in [6, 6.07) is 7.85. The quantitative estimate of drug-likeness (QED) is 0.875. The number of hydrogen-bond acceptors (Lipinski definition) is 4. The average molecular weight is 373 g/mol. The standard InChI is InChI=1S/C21H31N3O3/c1-15-6-3-4-9-19(15)27-16(2)20(25)23-10-12-24(13-11-23)21(26)17-7-5-8-18(22)14-17/h3-4,6,9,16-18H,5,7-8,10-14,22H2,1-2H3. The second kappa shape index (κ2) is 8.74. The molecule has 0 radical (unpaired) electrons. The van der Waals surface area contributed by atoms with Gasteiger partial charge in [-0.2, -0.15) is 0 Å². The number of rotatable bonds is 4. The first-order chi connectivity index (χ1) is 13.0. The van der Waals surface area contributed by atoms with Crippen LogP contribution in [0.25, 0.3) is 0 Å². The Hall–Kier alpha value is -2.08. The van der Waals surface area contributed by atoms with Crippen molar-refractivity contribution in [3.8, 4) is 5.75 Å². The lowest BCUT2D eigenvalue weighted by molar-refractivity contribution is -0.146. The van der Waals surface area contributed by atoms with Crippen LogP contribution in [0.5, 0.6) is 5.75 Å².